The predicted molar refractivity (Wildman–Crippen MR) is 88.6 cm³/mol. The van der Waals surface area contributed by atoms with E-state index in [-0.39, 0.29) is 17.4 Å². The maximum absolute atomic E-state index is 12.2. The molecule has 0 radical (unpaired) electrons. The third kappa shape index (κ3) is 2.66. The lowest BCUT2D eigenvalue weighted by Crippen LogP contribution is -2.25. The predicted octanol–water partition coefficient (Wildman–Crippen LogP) is 2.20. The topological polar surface area (TPSA) is 74.5 Å². The van der Waals surface area contributed by atoms with E-state index in [0.29, 0.717) is 11.3 Å². The zero-order valence-electron chi connectivity index (χ0n) is 12.7. The van der Waals surface area contributed by atoms with Crippen LogP contribution in [0.1, 0.15) is 11.1 Å². The molecule has 2 aromatic rings. The molecular weight excluding hydrogens is 294 g/mol. The summed E-state index contributed by atoms with van der Waals surface area (Å²) in [7, 11) is 3.23. The molecule has 3 rings (SSSR count). The lowest BCUT2D eigenvalue weighted by atomic mass is 10.1. The molecule has 2 aromatic carbocycles. The third-order valence-electron chi connectivity index (χ3n) is 3.62. The second-order valence-corrected chi connectivity index (χ2v) is 5.00. The van der Waals surface area contributed by atoms with E-state index in [0.717, 1.165) is 11.3 Å². The van der Waals surface area contributed by atoms with Crippen LogP contribution in [0.25, 0.3) is 0 Å². The molecule has 0 bridgehead atoms. The number of fused-ring (bicyclic) bond motifs is 1. The first kappa shape index (κ1) is 14.8. The van der Waals surface area contributed by atoms with Crippen molar-refractivity contribution >= 4 is 23.5 Å². The SMILES string of the molecule is COc1ccc(O)c(/C=N/N=C2\C(=O)N(C)c3ccccc32)c1. The highest BCUT2D eigenvalue weighted by atomic mass is 16.5. The minimum Gasteiger partial charge on any atom is -0.507 e. The van der Waals surface area contributed by atoms with Crippen molar-refractivity contribution in [3.05, 3.63) is 53.6 Å². The summed E-state index contributed by atoms with van der Waals surface area (Å²) < 4.78 is 5.10. The molecule has 0 aromatic heterocycles. The van der Waals surface area contributed by atoms with Crippen molar-refractivity contribution in [3.8, 4) is 11.5 Å². The maximum atomic E-state index is 12.2. The van der Waals surface area contributed by atoms with E-state index in [2.05, 4.69) is 10.2 Å². The molecule has 0 spiro atoms. The summed E-state index contributed by atoms with van der Waals surface area (Å²) in [6.07, 6.45) is 1.39. The van der Waals surface area contributed by atoms with E-state index in [1.807, 2.05) is 24.3 Å². The molecule has 0 atom stereocenters. The van der Waals surface area contributed by atoms with Gasteiger partial charge in [0.2, 0.25) is 0 Å². The molecule has 116 valence electrons. The number of benzene rings is 2. The van der Waals surface area contributed by atoms with Gasteiger partial charge in [0, 0.05) is 18.2 Å². The average molecular weight is 309 g/mol. The van der Waals surface area contributed by atoms with Crippen molar-refractivity contribution in [3.63, 3.8) is 0 Å². The number of para-hydroxylation sites is 1. The number of methoxy groups -OCH3 is 1. The first-order valence-electron chi connectivity index (χ1n) is 6.97. The van der Waals surface area contributed by atoms with E-state index >= 15 is 0 Å². The van der Waals surface area contributed by atoms with E-state index < -0.39 is 0 Å². The van der Waals surface area contributed by atoms with E-state index in [1.165, 1.54) is 24.3 Å². The molecule has 1 heterocycles. The van der Waals surface area contributed by atoms with Crippen molar-refractivity contribution < 1.29 is 14.6 Å². The highest BCUT2D eigenvalue weighted by Gasteiger charge is 2.30. The number of aromatic hydroxyl groups is 1. The van der Waals surface area contributed by atoms with E-state index in [9.17, 15) is 9.90 Å². The fraction of sp³-hybridized carbons (Fsp3) is 0.118. The molecule has 0 fully saturated rings. The van der Waals surface area contributed by atoms with E-state index in [1.54, 1.807) is 19.2 Å². The van der Waals surface area contributed by atoms with Crippen molar-refractivity contribution in [2.24, 2.45) is 10.2 Å². The van der Waals surface area contributed by atoms with Crippen LogP contribution in [-0.2, 0) is 4.79 Å². The van der Waals surface area contributed by atoms with Gasteiger partial charge in [0.1, 0.15) is 11.5 Å². The van der Waals surface area contributed by atoms with Crippen LogP contribution in [-0.4, -0.2) is 37.1 Å². The number of carbonyl (C=O) groups excluding carboxylic acids is 1. The number of ether oxygens (including phenoxy) is 1. The number of hydrogen-bond acceptors (Lipinski definition) is 5. The van der Waals surface area contributed by atoms with Crippen LogP contribution in [0.3, 0.4) is 0 Å². The number of likely N-dealkylation sites (N-methyl/N-ethyl adjacent to an activating group) is 1. The van der Waals surface area contributed by atoms with Crippen molar-refractivity contribution in [2.75, 3.05) is 19.1 Å². The number of phenolic OH excluding ortho intramolecular Hbond substituents is 1. The minimum atomic E-state index is -0.210. The van der Waals surface area contributed by atoms with Crippen LogP contribution >= 0.6 is 0 Å². The Morgan fingerprint density at radius 3 is 2.78 bits per heavy atom. The summed E-state index contributed by atoms with van der Waals surface area (Å²) in [4.78, 5) is 13.8. The molecule has 6 heteroatoms. The number of amides is 1. The van der Waals surface area contributed by atoms with Crippen LogP contribution in [0.15, 0.2) is 52.7 Å². The molecule has 0 saturated carbocycles. The summed E-state index contributed by atoms with van der Waals surface area (Å²) in [5.74, 6) is 0.446. The Morgan fingerprint density at radius 2 is 2.00 bits per heavy atom. The molecular formula is C17H15N3O3. The second kappa shape index (κ2) is 5.92. The van der Waals surface area contributed by atoms with Gasteiger partial charge in [0.15, 0.2) is 5.71 Å². The monoisotopic (exact) mass is 309 g/mol. The highest BCUT2D eigenvalue weighted by Crippen LogP contribution is 2.27. The van der Waals surface area contributed by atoms with Gasteiger partial charge in [-0.05, 0) is 24.3 Å². The van der Waals surface area contributed by atoms with Crippen LogP contribution in [0.2, 0.25) is 0 Å². The Morgan fingerprint density at radius 1 is 1.22 bits per heavy atom. The van der Waals surface area contributed by atoms with Gasteiger partial charge in [0.25, 0.3) is 5.91 Å². The van der Waals surface area contributed by atoms with Gasteiger partial charge in [-0.3, -0.25) is 4.79 Å². The molecule has 1 aliphatic heterocycles. The first-order valence-corrected chi connectivity index (χ1v) is 6.97. The number of rotatable bonds is 3. The number of phenols is 1. The molecule has 0 unspecified atom stereocenters. The van der Waals surface area contributed by atoms with Crippen LogP contribution in [0.5, 0.6) is 11.5 Å². The minimum absolute atomic E-state index is 0.0602. The quantitative estimate of drug-likeness (QED) is 0.697. The maximum Gasteiger partial charge on any atom is 0.279 e. The highest BCUT2D eigenvalue weighted by molar-refractivity contribution is 6.54. The molecule has 0 saturated heterocycles. The number of carbonyl (C=O) groups is 1. The van der Waals surface area contributed by atoms with Gasteiger partial charge in [0.05, 0.1) is 19.0 Å². The van der Waals surface area contributed by atoms with Gasteiger partial charge in [-0.2, -0.15) is 5.10 Å². The summed E-state index contributed by atoms with van der Waals surface area (Å²) in [5, 5.41) is 17.8. The van der Waals surface area contributed by atoms with Gasteiger partial charge in [-0.25, -0.2) is 0 Å². The number of hydrogen-bond donors (Lipinski definition) is 1. The Balaban J connectivity index is 1.93. The van der Waals surface area contributed by atoms with Gasteiger partial charge in [-0.1, -0.05) is 18.2 Å². The second-order valence-electron chi connectivity index (χ2n) is 5.00. The van der Waals surface area contributed by atoms with Gasteiger partial charge < -0.3 is 14.7 Å². The Kier molecular flexibility index (Phi) is 3.80. The summed E-state index contributed by atoms with van der Waals surface area (Å²) in [5.41, 5.74) is 2.28. The van der Waals surface area contributed by atoms with Crippen molar-refractivity contribution in [1.29, 1.82) is 0 Å². The lowest BCUT2D eigenvalue weighted by molar-refractivity contribution is -0.111. The molecule has 1 N–H and O–H groups in total. The Labute approximate surface area is 133 Å². The largest absolute Gasteiger partial charge is 0.507 e. The molecule has 1 amide bonds. The van der Waals surface area contributed by atoms with Crippen molar-refractivity contribution in [2.45, 2.75) is 0 Å². The fourth-order valence-corrected chi connectivity index (χ4v) is 2.36. The van der Waals surface area contributed by atoms with E-state index in [4.69, 9.17) is 4.74 Å². The standard InChI is InChI=1S/C17H15N3O3/c1-20-14-6-4-3-5-13(14)16(17(20)22)19-18-10-11-9-12(23-2)7-8-15(11)21/h3-10,21H,1-2H3/b18-10+,19-16-. The summed E-state index contributed by atoms with van der Waals surface area (Å²) in [6.45, 7) is 0. The van der Waals surface area contributed by atoms with Crippen LogP contribution in [0, 0.1) is 0 Å². The third-order valence-corrected chi connectivity index (χ3v) is 3.62. The summed E-state index contributed by atoms with van der Waals surface area (Å²) >= 11 is 0. The van der Waals surface area contributed by atoms with Gasteiger partial charge in [-0.15, -0.1) is 5.10 Å². The Bertz CT molecular complexity index is 828. The van der Waals surface area contributed by atoms with Crippen LogP contribution < -0.4 is 9.64 Å². The fourth-order valence-electron chi connectivity index (χ4n) is 2.36. The Hall–Kier alpha value is -3.15. The normalized spacial score (nSPS) is 15.5. The average Bonchev–Trinajstić information content (AvgIpc) is 2.82. The number of anilines is 1. The molecule has 6 nitrogen and oxygen atoms in total. The van der Waals surface area contributed by atoms with Crippen molar-refractivity contribution in [1.82, 2.24) is 0 Å². The number of nitrogens with zero attached hydrogens (tertiary/aromatic N) is 3. The molecule has 1 aliphatic rings. The zero-order valence-corrected chi connectivity index (χ0v) is 12.7. The molecule has 23 heavy (non-hydrogen) atoms. The van der Waals surface area contributed by atoms with Gasteiger partial charge >= 0.3 is 0 Å². The lowest BCUT2D eigenvalue weighted by Gasteiger charge is -2.07. The summed E-state index contributed by atoms with van der Waals surface area (Å²) in [6, 6.07) is 12.2. The van der Waals surface area contributed by atoms with Crippen LogP contribution in [0.4, 0.5) is 5.69 Å². The zero-order chi connectivity index (χ0) is 16.4. The molecule has 0 aliphatic carbocycles. The first-order chi connectivity index (χ1) is 11.1. The smallest absolute Gasteiger partial charge is 0.279 e.